The average Bonchev–Trinajstić information content (AvgIpc) is 4.07. The van der Waals surface area contributed by atoms with Gasteiger partial charge in [0.05, 0.1) is 18.4 Å². The van der Waals surface area contributed by atoms with Gasteiger partial charge in [-0.15, -0.1) is 0 Å². The molecule has 5 aliphatic rings. The van der Waals surface area contributed by atoms with E-state index in [1.165, 1.54) is 4.90 Å². The maximum atomic E-state index is 14.8. The first-order valence-electron chi connectivity index (χ1n) is 21.9. The molecule has 3 saturated carbocycles. The number of amides is 4. The Morgan fingerprint density at radius 1 is 0.952 bits per heavy atom. The molecule has 0 radical (unpaired) electrons. The zero-order chi connectivity index (χ0) is 43.0. The predicted octanol–water partition coefficient (Wildman–Crippen LogP) is 5.83. The minimum atomic E-state index is -3.92. The molecule has 4 aromatic rings. The molecule has 3 aliphatic carbocycles. The van der Waals surface area contributed by atoms with E-state index in [1.54, 1.807) is 0 Å². The lowest BCUT2D eigenvalue weighted by atomic mass is 10.0. The summed E-state index contributed by atoms with van der Waals surface area (Å²) in [6.07, 6.45) is 9.79. The van der Waals surface area contributed by atoms with Crippen LogP contribution in [-0.2, 0) is 29.1 Å². The monoisotopic (exact) mass is 868 g/mol. The number of nitrogens with zero attached hydrogens (tertiary/aromatic N) is 3. The number of rotatable bonds is 10. The van der Waals surface area contributed by atoms with Gasteiger partial charge in [-0.3, -0.25) is 19.1 Å². The van der Waals surface area contributed by atoms with Crippen molar-refractivity contribution in [2.75, 3.05) is 13.2 Å². The summed E-state index contributed by atoms with van der Waals surface area (Å²) >= 11 is 0. The van der Waals surface area contributed by atoms with Crippen LogP contribution in [0.15, 0.2) is 65.1 Å². The summed E-state index contributed by atoms with van der Waals surface area (Å²) in [5.74, 6) is -1.24. The fourth-order valence-corrected chi connectivity index (χ4v) is 10.3. The number of fused-ring (bicyclic) bond motifs is 5. The third-order valence-electron chi connectivity index (χ3n) is 12.6. The molecule has 0 unspecified atom stereocenters. The van der Waals surface area contributed by atoms with E-state index >= 15 is 0 Å². The molecule has 328 valence electrons. The van der Waals surface area contributed by atoms with E-state index in [0.717, 1.165) is 43.9 Å². The summed E-state index contributed by atoms with van der Waals surface area (Å²) in [6.45, 7) is 2.34. The van der Waals surface area contributed by atoms with Gasteiger partial charge in [0.2, 0.25) is 27.4 Å². The number of allylic oxidation sites excluding steroid dienone is 1. The second-order valence-corrected chi connectivity index (χ2v) is 19.1. The third kappa shape index (κ3) is 8.68. The van der Waals surface area contributed by atoms with Crippen LogP contribution in [0, 0.1) is 5.92 Å². The van der Waals surface area contributed by atoms with Crippen LogP contribution in [0.4, 0.5) is 4.79 Å². The van der Waals surface area contributed by atoms with Crippen LogP contribution >= 0.6 is 0 Å². The number of ether oxygens (including phenoxy) is 3. The van der Waals surface area contributed by atoms with Crippen LogP contribution in [-0.4, -0.2) is 95.3 Å². The van der Waals surface area contributed by atoms with Crippen molar-refractivity contribution in [2.24, 2.45) is 5.92 Å². The van der Waals surface area contributed by atoms with Gasteiger partial charge in [-0.1, -0.05) is 37.1 Å². The number of hydrogen-bond acceptors (Lipinski definition) is 12. The van der Waals surface area contributed by atoms with Crippen molar-refractivity contribution in [3.63, 3.8) is 0 Å². The van der Waals surface area contributed by atoms with Crippen LogP contribution in [0.3, 0.4) is 0 Å². The maximum Gasteiger partial charge on any atom is 0.408 e. The molecule has 17 heteroatoms. The Bertz CT molecular complexity index is 2500. The van der Waals surface area contributed by atoms with Crippen molar-refractivity contribution in [3.05, 3.63) is 60.7 Å². The van der Waals surface area contributed by atoms with Crippen LogP contribution in [0.25, 0.3) is 33.5 Å². The maximum absolute atomic E-state index is 14.8. The van der Waals surface area contributed by atoms with Gasteiger partial charge in [-0.2, -0.15) is 4.98 Å². The van der Waals surface area contributed by atoms with Gasteiger partial charge >= 0.3 is 6.09 Å². The van der Waals surface area contributed by atoms with E-state index in [2.05, 4.69) is 15.4 Å². The molecule has 62 heavy (non-hydrogen) atoms. The van der Waals surface area contributed by atoms with Crippen LogP contribution in [0.1, 0.15) is 90.4 Å². The van der Waals surface area contributed by atoms with Crippen molar-refractivity contribution in [2.45, 2.75) is 125 Å². The number of nitrogens with one attached hydrogen (secondary N) is 3. The Morgan fingerprint density at radius 3 is 2.50 bits per heavy atom. The highest BCUT2D eigenvalue weighted by molar-refractivity contribution is 7.91. The van der Waals surface area contributed by atoms with E-state index < -0.39 is 68.7 Å². The number of carbonyl (C=O) groups is 4. The molecule has 4 fully saturated rings. The smallest absolute Gasteiger partial charge is 0.408 e. The number of carbonyl (C=O) groups excluding carboxylic acids is 4. The number of benzene rings is 2. The summed E-state index contributed by atoms with van der Waals surface area (Å²) in [6, 6.07) is 12.6. The summed E-state index contributed by atoms with van der Waals surface area (Å²) in [5.41, 5.74) is 0.528. The molecule has 3 N–H and O–H groups in total. The molecule has 0 bridgehead atoms. The van der Waals surface area contributed by atoms with Crippen LogP contribution in [0.2, 0.25) is 0 Å². The van der Waals surface area contributed by atoms with Crippen LogP contribution in [0.5, 0.6) is 11.6 Å². The van der Waals surface area contributed by atoms with E-state index in [9.17, 15) is 27.6 Å². The van der Waals surface area contributed by atoms with Crippen LogP contribution < -0.4 is 24.8 Å². The SMILES string of the molecule is CCOc1ccc(-c2nc(O[C@@H]3C[C@H]4C(=O)N[C@]5(C(=O)NS(=O)(=O)C6CC6)C[C@H]5/C=C\CCCCC[C@H](NC(=O)OC5CCCC5)C(=O)N4C3)c3oc4ccccc4c3n2)cc1. The van der Waals surface area contributed by atoms with E-state index in [0.29, 0.717) is 66.9 Å². The molecule has 4 amide bonds. The molecule has 0 spiro atoms. The van der Waals surface area contributed by atoms with Crippen molar-refractivity contribution < 1.29 is 46.2 Å². The number of furan rings is 1. The lowest BCUT2D eigenvalue weighted by molar-refractivity contribution is -0.141. The largest absolute Gasteiger partial charge is 0.494 e. The number of sulfonamides is 1. The highest BCUT2D eigenvalue weighted by Crippen LogP contribution is 2.46. The summed E-state index contributed by atoms with van der Waals surface area (Å²) in [5, 5.41) is 5.84. The minimum absolute atomic E-state index is 0.0144. The first-order chi connectivity index (χ1) is 30.0. The fraction of sp³-hybridized carbons (Fsp3) is 0.511. The second-order valence-electron chi connectivity index (χ2n) is 17.1. The number of para-hydroxylation sites is 1. The van der Waals surface area contributed by atoms with Gasteiger partial charge in [0.1, 0.15) is 46.7 Å². The number of hydrogen-bond donors (Lipinski definition) is 3. The quantitative estimate of drug-likeness (QED) is 0.161. The van der Waals surface area contributed by atoms with Gasteiger partial charge in [-0.05, 0) is 108 Å². The topological polar surface area (TPSA) is 208 Å². The Labute approximate surface area is 359 Å². The lowest BCUT2D eigenvalue weighted by Gasteiger charge is -2.30. The zero-order valence-electron chi connectivity index (χ0n) is 34.7. The van der Waals surface area contributed by atoms with Crippen molar-refractivity contribution in [1.29, 1.82) is 0 Å². The zero-order valence-corrected chi connectivity index (χ0v) is 35.5. The highest BCUT2D eigenvalue weighted by atomic mass is 32.2. The van der Waals surface area contributed by atoms with E-state index in [-0.39, 0.29) is 37.0 Å². The first kappa shape index (κ1) is 41.6. The Hall–Kier alpha value is -5.71. The van der Waals surface area contributed by atoms with Crippen molar-refractivity contribution in [1.82, 2.24) is 30.2 Å². The van der Waals surface area contributed by atoms with Gasteiger partial charge < -0.3 is 34.2 Å². The molecule has 2 aromatic carbocycles. The minimum Gasteiger partial charge on any atom is -0.494 e. The molecule has 16 nitrogen and oxygen atoms in total. The summed E-state index contributed by atoms with van der Waals surface area (Å²) in [4.78, 5) is 67.7. The van der Waals surface area contributed by atoms with E-state index in [4.69, 9.17) is 28.6 Å². The standard InChI is InChI=1S/C45H52N6O10S/c1-2-58-29-20-18-27(19-21-29)39-47-37-33-15-10-11-17-36(33)61-38(37)41(48-39)59-31-24-35-40(52)49-45(43(54)50-62(56,57)32-22-23-32)25-28(45)12-6-4-3-5-7-16-34(42(53)51(35)26-31)46-44(55)60-30-13-8-9-14-30/h6,10-12,15,17-21,28,30-32,34-35H,2-5,7-9,13-14,16,22-26H2,1H3,(H,46,55)(H,49,52)(H,50,54)/b12-6-/t28-,31-,34+,35+,45-/m1/s1. The molecule has 9 rings (SSSR count). The van der Waals surface area contributed by atoms with Gasteiger partial charge in [0.25, 0.3) is 11.8 Å². The highest BCUT2D eigenvalue weighted by Gasteiger charge is 2.62. The lowest BCUT2D eigenvalue weighted by Crippen LogP contribution is -2.58. The fourth-order valence-electron chi connectivity index (χ4n) is 8.98. The Balaban J connectivity index is 1.05. The number of aromatic nitrogens is 2. The molecule has 1 saturated heterocycles. The molecule has 4 heterocycles. The number of alkyl carbamates (subject to hydrolysis) is 1. The summed E-state index contributed by atoms with van der Waals surface area (Å²) < 4.78 is 52.5. The summed E-state index contributed by atoms with van der Waals surface area (Å²) in [7, 11) is -3.92. The second kappa shape index (κ2) is 17.2. The first-order valence-corrected chi connectivity index (χ1v) is 23.5. The Morgan fingerprint density at radius 2 is 1.73 bits per heavy atom. The average molecular weight is 869 g/mol. The normalized spacial score (nSPS) is 26.4. The third-order valence-corrected chi connectivity index (χ3v) is 14.4. The van der Waals surface area contributed by atoms with E-state index in [1.807, 2.05) is 67.6 Å². The Kier molecular flexibility index (Phi) is 11.6. The van der Waals surface area contributed by atoms with Crippen molar-refractivity contribution in [3.8, 4) is 23.0 Å². The van der Waals surface area contributed by atoms with Crippen molar-refractivity contribution >= 4 is 55.9 Å². The predicted molar refractivity (Wildman–Crippen MR) is 227 cm³/mol. The molecule has 2 aliphatic heterocycles. The molecular formula is C45H52N6O10S. The van der Waals surface area contributed by atoms with Gasteiger partial charge in [0.15, 0.2) is 5.82 Å². The van der Waals surface area contributed by atoms with Gasteiger partial charge in [0, 0.05) is 23.3 Å². The molecular weight excluding hydrogens is 817 g/mol. The molecule has 5 atom stereocenters. The van der Waals surface area contributed by atoms with Gasteiger partial charge in [-0.25, -0.2) is 18.2 Å². The molecule has 2 aromatic heterocycles.